The first-order valence-electron chi connectivity index (χ1n) is 9.49. The van der Waals surface area contributed by atoms with Crippen molar-refractivity contribution < 1.29 is 32.9 Å². The Labute approximate surface area is 172 Å². The second kappa shape index (κ2) is 10.9. The van der Waals surface area contributed by atoms with Gasteiger partial charge in [0.1, 0.15) is 12.4 Å². The lowest BCUT2D eigenvalue weighted by Crippen LogP contribution is -2.48. The van der Waals surface area contributed by atoms with Gasteiger partial charge >= 0.3 is 12.1 Å². The predicted octanol–water partition coefficient (Wildman–Crippen LogP) is 3.39. The van der Waals surface area contributed by atoms with Crippen LogP contribution in [-0.2, 0) is 11.2 Å². The SMILES string of the molecule is CN1CC[C@H]1COc1cncc(-c2cccc(CCCO)c2)c1.O=C(O)C(F)(F)F. The Morgan fingerprint density at radius 1 is 1.27 bits per heavy atom. The van der Waals surface area contributed by atoms with Crippen LogP contribution in [0.3, 0.4) is 0 Å². The first-order chi connectivity index (χ1) is 14.2. The summed E-state index contributed by atoms with van der Waals surface area (Å²) in [6.07, 6.45) is 1.45. The number of ether oxygens (including phenoxy) is 1. The monoisotopic (exact) mass is 426 g/mol. The summed E-state index contributed by atoms with van der Waals surface area (Å²) >= 11 is 0. The Bertz CT molecular complexity index is 830. The lowest BCUT2D eigenvalue weighted by Gasteiger charge is -2.37. The van der Waals surface area contributed by atoms with E-state index in [0.717, 1.165) is 42.9 Å². The van der Waals surface area contributed by atoms with Crippen molar-refractivity contribution in [3.8, 4) is 16.9 Å². The highest BCUT2D eigenvalue weighted by Gasteiger charge is 2.38. The molecule has 1 aromatic heterocycles. The van der Waals surface area contributed by atoms with Gasteiger partial charge in [-0.3, -0.25) is 9.88 Å². The van der Waals surface area contributed by atoms with Gasteiger partial charge in [0.15, 0.2) is 0 Å². The first kappa shape index (κ1) is 23.6. The minimum Gasteiger partial charge on any atom is -0.490 e. The van der Waals surface area contributed by atoms with Gasteiger partial charge in [0.2, 0.25) is 0 Å². The molecule has 0 aliphatic carbocycles. The molecule has 9 heteroatoms. The molecular weight excluding hydrogens is 401 g/mol. The molecule has 1 aliphatic heterocycles. The minimum absolute atomic E-state index is 0.227. The number of aliphatic hydroxyl groups excluding tert-OH is 1. The van der Waals surface area contributed by atoms with Gasteiger partial charge in [0.05, 0.1) is 6.20 Å². The van der Waals surface area contributed by atoms with Crippen LogP contribution < -0.4 is 4.74 Å². The number of hydrogen-bond acceptors (Lipinski definition) is 5. The van der Waals surface area contributed by atoms with E-state index >= 15 is 0 Å². The maximum atomic E-state index is 10.6. The number of hydrogen-bond donors (Lipinski definition) is 2. The van der Waals surface area contributed by atoms with E-state index in [0.29, 0.717) is 6.04 Å². The van der Waals surface area contributed by atoms with Crippen molar-refractivity contribution in [1.29, 1.82) is 0 Å². The topological polar surface area (TPSA) is 82.9 Å². The number of aliphatic hydroxyl groups is 1. The van der Waals surface area contributed by atoms with Gasteiger partial charge in [0.25, 0.3) is 0 Å². The van der Waals surface area contributed by atoms with Gasteiger partial charge in [-0.15, -0.1) is 0 Å². The Hall–Kier alpha value is -2.65. The summed E-state index contributed by atoms with van der Waals surface area (Å²) in [4.78, 5) is 15.5. The molecule has 0 spiro atoms. The van der Waals surface area contributed by atoms with E-state index in [1.165, 1.54) is 12.0 Å². The van der Waals surface area contributed by atoms with Gasteiger partial charge in [0, 0.05) is 24.4 Å². The molecule has 0 unspecified atom stereocenters. The van der Waals surface area contributed by atoms with Crippen LogP contribution in [0.2, 0.25) is 0 Å². The molecular formula is C21H25F3N2O4. The molecule has 164 valence electrons. The third-order valence-corrected chi connectivity index (χ3v) is 4.72. The summed E-state index contributed by atoms with van der Waals surface area (Å²) in [5.74, 6) is -1.93. The highest BCUT2D eigenvalue weighted by atomic mass is 19.4. The van der Waals surface area contributed by atoms with Crippen molar-refractivity contribution in [2.24, 2.45) is 0 Å². The minimum atomic E-state index is -5.08. The number of rotatable bonds is 7. The van der Waals surface area contributed by atoms with Gasteiger partial charge in [-0.05, 0) is 50.0 Å². The number of aromatic nitrogens is 1. The Morgan fingerprint density at radius 2 is 2.00 bits per heavy atom. The molecule has 1 aliphatic rings. The molecule has 2 heterocycles. The van der Waals surface area contributed by atoms with Gasteiger partial charge < -0.3 is 14.9 Å². The second-order valence-electron chi connectivity index (χ2n) is 6.97. The molecule has 0 bridgehead atoms. The number of nitrogens with zero attached hydrogens (tertiary/aromatic N) is 2. The van der Waals surface area contributed by atoms with Crippen molar-refractivity contribution in [3.63, 3.8) is 0 Å². The van der Waals surface area contributed by atoms with Crippen LogP contribution in [-0.4, -0.2) is 65.1 Å². The van der Waals surface area contributed by atoms with E-state index in [-0.39, 0.29) is 6.61 Å². The molecule has 0 saturated carbocycles. The fraction of sp³-hybridized carbons (Fsp3) is 0.429. The van der Waals surface area contributed by atoms with Crippen molar-refractivity contribution in [2.75, 3.05) is 26.8 Å². The van der Waals surface area contributed by atoms with E-state index in [9.17, 15) is 13.2 Å². The summed E-state index contributed by atoms with van der Waals surface area (Å²) in [7, 11) is 2.13. The first-order valence-corrected chi connectivity index (χ1v) is 9.49. The fourth-order valence-corrected chi connectivity index (χ4v) is 2.82. The molecule has 1 fully saturated rings. The zero-order valence-corrected chi connectivity index (χ0v) is 16.6. The number of aryl methyl sites for hydroxylation is 1. The molecule has 2 N–H and O–H groups in total. The normalized spacial score (nSPS) is 16.2. The second-order valence-corrected chi connectivity index (χ2v) is 6.97. The average molecular weight is 426 g/mol. The standard InChI is InChI=1S/C19H24N2O2.C2HF3O2/c1-21-8-7-18(21)14-23-19-11-17(12-20-13-19)16-6-2-4-15(10-16)5-3-9-22;3-2(4,5)1(6)7/h2,4,6,10-13,18,22H,3,5,7-9,14H2,1H3;(H,6,7)/t18-;/m0./s1. The number of aliphatic carboxylic acids is 1. The van der Waals surface area contributed by atoms with Crippen LogP contribution in [0.5, 0.6) is 5.75 Å². The smallest absolute Gasteiger partial charge is 0.490 e. The Morgan fingerprint density at radius 3 is 2.57 bits per heavy atom. The van der Waals surface area contributed by atoms with Crippen LogP contribution in [0.1, 0.15) is 18.4 Å². The maximum Gasteiger partial charge on any atom is 0.490 e. The number of likely N-dealkylation sites (tertiary alicyclic amines) is 1. The Kier molecular flexibility index (Phi) is 8.61. The number of alkyl halides is 3. The number of carbonyl (C=O) groups is 1. The summed E-state index contributed by atoms with van der Waals surface area (Å²) < 4.78 is 37.6. The van der Waals surface area contributed by atoms with Crippen LogP contribution in [0, 0.1) is 0 Å². The van der Waals surface area contributed by atoms with Crippen LogP contribution in [0.4, 0.5) is 13.2 Å². The summed E-state index contributed by atoms with van der Waals surface area (Å²) in [5, 5.41) is 16.1. The van der Waals surface area contributed by atoms with Gasteiger partial charge in [-0.2, -0.15) is 13.2 Å². The summed E-state index contributed by atoms with van der Waals surface area (Å²) in [5.41, 5.74) is 3.44. The zero-order chi connectivity index (χ0) is 22.1. The third kappa shape index (κ3) is 7.31. The molecule has 3 rings (SSSR count). The zero-order valence-electron chi connectivity index (χ0n) is 16.6. The fourth-order valence-electron chi connectivity index (χ4n) is 2.82. The molecule has 2 aromatic rings. The maximum absolute atomic E-state index is 10.6. The quantitative estimate of drug-likeness (QED) is 0.706. The molecule has 0 amide bonds. The molecule has 1 aromatic carbocycles. The lowest BCUT2D eigenvalue weighted by atomic mass is 10.0. The highest BCUT2D eigenvalue weighted by Crippen LogP contribution is 2.25. The number of benzene rings is 1. The average Bonchev–Trinajstić information content (AvgIpc) is 2.71. The summed E-state index contributed by atoms with van der Waals surface area (Å²) in [6.45, 7) is 2.11. The molecule has 0 radical (unpaired) electrons. The lowest BCUT2D eigenvalue weighted by molar-refractivity contribution is -0.192. The Balaban J connectivity index is 0.000000396. The predicted molar refractivity (Wildman–Crippen MR) is 105 cm³/mol. The molecule has 30 heavy (non-hydrogen) atoms. The van der Waals surface area contributed by atoms with Crippen molar-refractivity contribution in [2.45, 2.75) is 31.5 Å². The number of likely N-dealkylation sites (N-methyl/N-ethyl adjacent to an activating group) is 1. The highest BCUT2D eigenvalue weighted by molar-refractivity contribution is 5.73. The molecule has 1 saturated heterocycles. The number of carboxylic acids is 1. The van der Waals surface area contributed by atoms with E-state index < -0.39 is 12.1 Å². The van der Waals surface area contributed by atoms with E-state index in [2.05, 4.69) is 47.3 Å². The van der Waals surface area contributed by atoms with Crippen molar-refractivity contribution >= 4 is 5.97 Å². The molecule has 6 nitrogen and oxygen atoms in total. The largest absolute Gasteiger partial charge is 0.490 e. The van der Waals surface area contributed by atoms with E-state index in [1.807, 2.05) is 6.20 Å². The summed E-state index contributed by atoms with van der Waals surface area (Å²) in [6, 6.07) is 11.0. The van der Waals surface area contributed by atoms with Crippen molar-refractivity contribution in [1.82, 2.24) is 9.88 Å². The van der Waals surface area contributed by atoms with E-state index in [4.69, 9.17) is 19.7 Å². The number of pyridine rings is 1. The third-order valence-electron chi connectivity index (χ3n) is 4.72. The van der Waals surface area contributed by atoms with Crippen molar-refractivity contribution in [3.05, 3.63) is 48.3 Å². The van der Waals surface area contributed by atoms with Gasteiger partial charge in [-0.25, -0.2) is 4.79 Å². The van der Waals surface area contributed by atoms with Crippen LogP contribution in [0.15, 0.2) is 42.7 Å². The van der Waals surface area contributed by atoms with E-state index in [1.54, 1.807) is 6.20 Å². The van der Waals surface area contributed by atoms with Crippen LogP contribution >= 0.6 is 0 Å². The number of carboxylic acid groups (broad SMARTS) is 1. The number of halogens is 3. The van der Waals surface area contributed by atoms with Gasteiger partial charge in [-0.1, -0.05) is 24.3 Å². The molecule has 1 atom stereocenters. The van der Waals surface area contributed by atoms with Crippen LogP contribution in [0.25, 0.3) is 11.1 Å².